The van der Waals surface area contributed by atoms with Crippen molar-refractivity contribution in [3.05, 3.63) is 80.6 Å². The number of anilines is 1. The van der Waals surface area contributed by atoms with Gasteiger partial charge in [0.05, 0.1) is 17.0 Å². The highest BCUT2D eigenvalue weighted by Crippen LogP contribution is 2.42. The van der Waals surface area contributed by atoms with Crippen LogP contribution in [-0.2, 0) is 0 Å². The van der Waals surface area contributed by atoms with Crippen LogP contribution in [0.2, 0.25) is 0 Å². The van der Waals surface area contributed by atoms with Crippen LogP contribution in [-0.4, -0.2) is 21.2 Å². The fourth-order valence-electron chi connectivity index (χ4n) is 3.57. The summed E-state index contributed by atoms with van der Waals surface area (Å²) >= 11 is 1.19. The van der Waals surface area contributed by atoms with E-state index in [-0.39, 0.29) is 22.5 Å². The second-order valence-electron chi connectivity index (χ2n) is 6.57. The van der Waals surface area contributed by atoms with Crippen LogP contribution in [0.3, 0.4) is 0 Å². The summed E-state index contributed by atoms with van der Waals surface area (Å²) in [7, 11) is 0. The van der Waals surface area contributed by atoms with E-state index in [2.05, 4.69) is 10.2 Å². The number of phenols is 1. The first-order chi connectivity index (χ1) is 13.5. The highest BCUT2D eigenvalue weighted by molar-refractivity contribution is 7.13. The van der Waals surface area contributed by atoms with Crippen LogP contribution in [0.15, 0.2) is 57.2 Å². The second kappa shape index (κ2) is 6.00. The van der Waals surface area contributed by atoms with Crippen molar-refractivity contribution < 1.29 is 14.3 Å². The topological polar surface area (TPSA) is 96.5 Å². The number of fused-ring (bicyclic) bond motifs is 2. The lowest BCUT2D eigenvalue weighted by Gasteiger charge is -2.22. The van der Waals surface area contributed by atoms with Crippen LogP contribution in [0.4, 0.5) is 5.13 Å². The standard InChI is InChI=1S/C20H13N3O4S/c1-10-5-6-14-13(7-10)17(25)15-16(11-3-2-4-12(24)8-11)23(19(26)18(15)27-14)20-22-21-9-28-20/h2-9,16,24H,1H3. The van der Waals surface area contributed by atoms with E-state index in [0.29, 0.717) is 21.7 Å². The lowest BCUT2D eigenvalue weighted by atomic mass is 9.98. The number of carbonyl (C=O) groups excluding carboxylic acids is 1. The molecule has 2 aromatic carbocycles. The molecular formula is C20H13N3O4S. The zero-order valence-electron chi connectivity index (χ0n) is 14.6. The molecule has 0 spiro atoms. The molecule has 7 nitrogen and oxygen atoms in total. The first-order valence-electron chi connectivity index (χ1n) is 8.50. The van der Waals surface area contributed by atoms with E-state index in [1.807, 2.05) is 13.0 Å². The molecule has 1 aliphatic rings. The number of nitrogens with zero attached hydrogens (tertiary/aromatic N) is 3. The van der Waals surface area contributed by atoms with Crippen LogP contribution in [0, 0.1) is 6.92 Å². The molecule has 28 heavy (non-hydrogen) atoms. The number of rotatable bonds is 2. The Labute approximate surface area is 162 Å². The summed E-state index contributed by atoms with van der Waals surface area (Å²) in [5.41, 5.74) is 3.34. The number of aromatic nitrogens is 2. The third-order valence-corrected chi connectivity index (χ3v) is 5.46. The second-order valence-corrected chi connectivity index (χ2v) is 7.38. The van der Waals surface area contributed by atoms with Gasteiger partial charge in [0.15, 0.2) is 5.43 Å². The molecule has 0 aliphatic carbocycles. The monoisotopic (exact) mass is 391 g/mol. The first-order valence-corrected chi connectivity index (χ1v) is 9.38. The average molecular weight is 391 g/mol. The number of amides is 1. The van der Waals surface area contributed by atoms with Crippen LogP contribution >= 0.6 is 11.3 Å². The zero-order chi connectivity index (χ0) is 19.4. The zero-order valence-corrected chi connectivity index (χ0v) is 15.4. The molecule has 1 atom stereocenters. The van der Waals surface area contributed by atoms with Crippen molar-refractivity contribution in [3.63, 3.8) is 0 Å². The Kier molecular flexibility index (Phi) is 3.56. The van der Waals surface area contributed by atoms with Gasteiger partial charge < -0.3 is 9.52 Å². The summed E-state index contributed by atoms with van der Waals surface area (Å²) in [6, 6.07) is 11.0. The van der Waals surface area contributed by atoms with E-state index in [4.69, 9.17) is 4.42 Å². The Balaban J connectivity index is 1.85. The van der Waals surface area contributed by atoms with Gasteiger partial charge in [0.2, 0.25) is 10.9 Å². The summed E-state index contributed by atoms with van der Waals surface area (Å²) < 4.78 is 5.87. The van der Waals surface area contributed by atoms with Gasteiger partial charge in [-0.1, -0.05) is 35.1 Å². The molecule has 4 aromatic rings. The highest BCUT2D eigenvalue weighted by atomic mass is 32.1. The van der Waals surface area contributed by atoms with Crippen molar-refractivity contribution in [1.82, 2.24) is 10.2 Å². The SMILES string of the molecule is Cc1ccc2oc3c(c(=O)c2c1)C(c1cccc(O)c1)N(c1nncs1)C3=O. The van der Waals surface area contributed by atoms with Crippen molar-refractivity contribution in [1.29, 1.82) is 0 Å². The Morgan fingerprint density at radius 1 is 1.18 bits per heavy atom. The number of carbonyl (C=O) groups is 1. The summed E-state index contributed by atoms with van der Waals surface area (Å²) in [5.74, 6) is -0.429. The van der Waals surface area contributed by atoms with E-state index in [9.17, 15) is 14.7 Å². The molecule has 1 aliphatic heterocycles. The minimum Gasteiger partial charge on any atom is -0.508 e. The molecule has 0 radical (unpaired) electrons. The lowest BCUT2D eigenvalue weighted by Crippen LogP contribution is -2.29. The maximum atomic E-state index is 13.4. The Hall–Kier alpha value is -3.52. The van der Waals surface area contributed by atoms with Gasteiger partial charge in [0.1, 0.15) is 16.8 Å². The third kappa shape index (κ3) is 2.35. The van der Waals surface area contributed by atoms with E-state index in [1.54, 1.807) is 24.3 Å². The number of aryl methyl sites for hydroxylation is 1. The smallest absolute Gasteiger partial charge is 0.297 e. The summed E-state index contributed by atoms with van der Waals surface area (Å²) in [6.45, 7) is 1.89. The molecule has 138 valence electrons. The number of hydrogen-bond acceptors (Lipinski definition) is 7. The molecule has 8 heteroatoms. The lowest BCUT2D eigenvalue weighted by molar-refractivity contribution is 0.0970. The van der Waals surface area contributed by atoms with Gasteiger partial charge in [0, 0.05) is 0 Å². The van der Waals surface area contributed by atoms with Crippen LogP contribution in [0.25, 0.3) is 11.0 Å². The van der Waals surface area contributed by atoms with Gasteiger partial charge in [-0.2, -0.15) is 0 Å². The van der Waals surface area contributed by atoms with Crippen LogP contribution in [0.1, 0.15) is 33.3 Å². The molecular weight excluding hydrogens is 378 g/mol. The molecule has 5 rings (SSSR count). The molecule has 0 saturated heterocycles. The third-order valence-electron chi connectivity index (χ3n) is 4.77. The van der Waals surface area contributed by atoms with E-state index < -0.39 is 11.9 Å². The van der Waals surface area contributed by atoms with Gasteiger partial charge in [-0.3, -0.25) is 14.5 Å². The van der Waals surface area contributed by atoms with Gasteiger partial charge in [0.25, 0.3) is 5.91 Å². The predicted octanol–water partition coefficient (Wildman–Crippen LogP) is 3.41. The van der Waals surface area contributed by atoms with E-state index in [0.717, 1.165) is 5.56 Å². The van der Waals surface area contributed by atoms with Crippen molar-refractivity contribution in [2.75, 3.05) is 4.90 Å². The molecule has 1 N–H and O–H groups in total. The Bertz CT molecular complexity index is 1300. The summed E-state index contributed by atoms with van der Waals surface area (Å²) in [6.07, 6.45) is 0. The Morgan fingerprint density at radius 2 is 2.04 bits per heavy atom. The largest absolute Gasteiger partial charge is 0.508 e. The van der Waals surface area contributed by atoms with Gasteiger partial charge in [-0.25, -0.2) is 0 Å². The van der Waals surface area contributed by atoms with Crippen LogP contribution < -0.4 is 10.3 Å². The molecule has 2 aromatic heterocycles. The van der Waals surface area contributed by atoms with E-state index >= 15 is 0 Å². The quantitative estimate of drug-likeness (QED) is 0.562. The van der Waals surface area contributed by atoms with Crippen molar-refractivity contribution in [3.8, 4) is 5.75 Å². The molecule has 0 saturated carbocycles. The molecule has 3 heterocycles. The maximum Gasteiger partial charge on any atom is 0.297 e. The number of benzene rings is 2. The Morgan fingerprint density at radius 3 is 2.79 bits per heavy atom. The molecule has 0 fully saturated rings. The minimum absolute atomic E-state index is 0.00936. The summed E-state index contributed by atoms with van der Waals surface area (Å²) in [5, 5.41) is 18.5. The molecule has 1 unspecified atom stereocenters. The van der Waals surface area contributed by atoms with Gasteiger partial charge >= 0.3 is 0 Å². The van der Waals surface area contributed by atoms with Crippen molar-refractivity contribution >= 4 is 33.3 Å². The molecule has 1 amide bonds. The van der Waals surface area contributed by atoms with Crippen molar-refractivity contribution in [2.45, 2.75) is 13.0 Å². The normalized spacial score (nSPS) is 16.0. The highest BCUT2D eigenvalue weighted by Gasteiger charge is 2.45. The number of hydrogen-bond donors (Lipinski definition) is 1. The van der Waals surface area contributed by atoms with Crippen LogP contribution in [0.5, 0.6) is 5.75 Å². The minimum atomic E-state index is -0.760. The fraction of sp³-hybridized carbons (Fsp3) is 0.100. The number of phenolic OH excluding ortho intramolecular Hbond substituents is 1. The predicted molar refractivity (Wildman–Crippen MR) is 104 cm³/mol. The van der Waals surface area contributed by atoms with Gasteiger partial charge in [-0.15, -0.1) is 10.2 Å². The summed E-state index contributed by atoms with van der Waals surface area (Å²) in [4.78, 5) is 28.0. The van der Waals surface area contributed by atoms with E-state index in [1.165, 1.54) is 33.9 Å². The fourth-order valence-corrected chi connectivity index (χ4v) is 4.15. The number of aromatic hydroxyl groups is 1. The maximum absolute atomic E-state index is 13.4. The van der Waals surface area contributed by atoms with Gasteiger partial charge in [-0.05, 0) is 36.8 Å². The molecule has 0 bridgehead atoms. The first kappa shape index (κ1) is 16.6. The average Bonchev–Trinajstić information content (AvgIpc) is 3.29. The van der Waals surface area contributed by atoms with Crippen molar-refractivity contribution in [2.24, 2.45) is 0 Å².